The van der Waals surface area contributed by atoms with Crippen molar-refractivity contribution in [2.45, 2.75) is 17.6 Å². The van der Waals surface area contributed by atoms with E-state index in [1.54, 1.807) is 18.0 Å². The first-order valence-corrected chi connectivity index (χ1v) is 7.81. The van der Waals surface area contributed by atoms with Crippen LogP contribution in [0.3, 0.4) is 0 Å². The lowest BCUT2D eigenvalue weighted by Crippen LogP contribution is -2.46. The van der Waals surface area contributed by atoms with Crippen LogP contribution in [0.5, 0.6) is 5.75 Å². The summed E-state index contributed by atoms with van der Waals surface area (Å²) in [4.78, 5) is 3.10. The first-order valence-electron chi connectivity index (χ1n) is 6.82. The van der Waals surface area contributed by atoms with Gasteiger partial charge in [0.15, 0.2) is 17.4 Å². The Bertz CT molecular complexity index is 692. The van der Waals surface area contributed by atoms with Crippen molar-refractivity contribution in [3.05, 3.63) is 41.5 Å². The molecule has 0 aliphatic carbocycles. The molecular formula is C14H15F3N3OS+. The number of imidazole rings is 1. The first-order chi connectivity index (χ1) is 10.6. The molecule has 4 nitrogen and oxygen atoms in total. The van der Waals surface area contributed by atoms with Crippen LogP contribution in [-0.2, 0) is 6.42 Å². The van der Waals surface area contributed by atoms with Crippen LogP contribution in [0.4, 0.5) is 13.2 Å². The number of thioether (sulfide) groups is 1. The lowest BCUT2D eigenvalue weighted by atomic mass is 10.0. The topological polar surface area (TPSA) is 54.9 Å². The number of halogens is 3. The predicted octanol–water partition coefficient (Wildman–Crippen LogP) is 1.95. The van der Waals surface area contributed by atoms with Crippen molar-refractivity contribution in [3.63, 3.8) is 0 Å². The van der Waals surface area contributed by atoms with Gasteiger partial charge in [-0.15, -0.1) is 0 Å². The summed E-state index contributed by atoms with van der Waals surface area (Å²) in [7, 11) is 0. The maximum atomic E-state index is 13.7. The predicted molar refractivity (Wildman–Crippen MR) is 75.3 cm³/mol. The van der Waals surface area contributed by atoms with Crippen molar-refractivity contribution < 1.29 is 22.5 Å². The Hall–Kier alpha value is -1.67. The maximum absolute atomic E-state index is 13.7. The molecule has 0 saturated heterocycles. The molecular weight excluding hydrogens is 315 g/mol. The molecule has 3 N–H and O–H groups in total. The summed E-state index contributed by atoms with van der Waals surface area (Å²) >= 11 is 1.56. The zero-order valence-corrected chi connectivity index (χ0v) is 12.4. The fraction of sp³-hybridized carbons (Fsp3) is 0.357. The highest BCUT2D eigenvalue weighted by molar-refractivity contribution is 7.99. The van der Waals surface area contributed by atoms with E-state index in [9.17, 15) is 13.2 Å². The molecule has 3 rings (SSSR count). The number of H-pyrrole nitrogens is 1. The number of fused-ring (bicyclic) bond motifs is 1. The fourth-order valence-electron chi connectivity index (χ4n) is 2.50. The summed E-state index contributed by atoms with van der Waals surface area (Å²) in [6.45, 7) is 0.733. The lowest BCUT2D eigenvalue weighted by Gasteiger charge is -2.24. The number of rotatable bonds is 4. The second kappa shape index (κ2) is 6.21. The summed E-state index contributed by atoms with van der Waals surface area (Å²) in [5.41, 5.74) is 5.83. The van der Waals surface area contributed by atoms with Crippen molar-refractivity contribution in [2.75, 3.05) is 18.9 Å². The minimum atomic E-state index is -1.49. The van der Waals surface area contributed by atoms with Gasteiger partial charge in [-0.3, -0.25) is 0 Å². The first kappa shape index (κ1) is 15.2. The summed E-state index contributed by atoms with van der Waals surface area (Å²) in [6.07, 6.45) is 3.98. The van der Waals surface area contributed by atoms with Gasteiger partial charge in [0.2, 0.25) is 5.82 Å². The van der Waals surface area contributed by atoms with E-state index in [-0.39, 0.29) is 18.4 Å². The molecule has 2 heterocycles. The van der Waals surface area contributed by atoms with Crippen molar-refractivity contribution >= 4 is 11.8 Å². The van der Waals surface area contributed by atoms with Gasteiger partial charge in [0, 0.05) is 24.3 Å². The van der Waals surface area contributed by atoms with Gasteiger partial charge in [-0.1, -0.05) is 0 Å². The second-order valence-corrected chi connectivity index (χ2v) is 6.04. The number of ether oxygens (including phenoxy) is 1. The zero-order chi connectivity index (χ0) is 15.7. The normalized spacial score (nSPS) is 17.2. The third-order valence-corrected chi connectivity index (χ3v) is 4.54. The number of nitrogens with zero attached hydrogens (tertiary/aromatic N) is 1. The monoisotopic (exact) mass is 330 g/mol. The third-order valence-electron chi connectivity index (χ3n) is 3.50. The largest absolute Gasteiger partial charge is 0.486 e. The second-order valence-electron chi connectivity index (χ2n) is 4.95. The third kappa shape index (κ3) is 2.68. The van der Waals surface area contributed by atoms with Crippen molar-refractivity contribution in [2.24, 2.45) is 5.73 Å². The van der Waals surface area contributed by atoms with Crippen LogP contribution in [0, 0.1) is 17.5 Å². The number of nitrogens with one attached hydrogen (secondary N) is 1. The molecule has 0 amide bonds. The average Bonchev–Trinajstić information content (AvgIpc) is 2.98. The summed E-state index contributed by atoms with van der Waals surface area (Å²) < 4.78 is 47.6. The Morgan fingerprint density at radius 3 is 2.95 bits per heavy atom. The molecule has 22 heavy (non-hydrogen) atoms. The van der Waals surface area contributed by atoms with Crippen LogP contribution in [0.2, 0.25) is 0 Å². The van der Waals surface area contributed by atoms with E-state index in [4.69, 9.17) is 10.5 Å². The van der Waals surface area contributed by atoms with E-state index in [1.807, 2.05) is 10.8 Å². The van der Waals surface area contributed by atoms with Crippen LogP contribution < -0.4 is 15.0 Å². The van der Waals surface area contributed by atoms with E-state index in [0.717, 1.165) is 17.0 Å². The van der Waals surface area contributed by atoms with Gasteiger partial charge in [0.1, 0.15) is 25.0 Å². The molecule has 1 aromatic heterocycles. The molecule has 2 aromatic rings. The number of hydrogen-bond acceptors (Lipinski definition) is 3. The molecule has 0 fully saturated rings. The van der Waals surface area contributed by atoms with Crippen LogP contribution in [0.1, 0.15) is 11.6 Å². The SMILES string of the molecule is NCCSc1[nH]cc[n+]1[C@H]1COc2c(cc(F)c(F)c2F)C1. The highest BCUT2D eigenvalue weighted by Gasteiger charge is 2.31. The van der Waals surface area contributed by atoms with Gasteiger partial charge in [-0.2, -0.15) is 4.39 Å². The fourth-order valence-corrected chi connectivity index (χ4v) is 3.32. The highest BCUT2D eigenvalue weighted by atomic mass is 32.2. The Morgan fingerprint density at radius 2 is 2.18 bits per heavy atom. The van der Waals surface area contributed by atoms with Crippen LogP contribution in [0.25, 0.3) is 0 Å². The van der Waals surface area contributed by atoms with Crippen LogP contribution in [0.15, 0.2) is 23.6 Å². The number of aromatic amines is 1. The van der Waals surface area contributed by atoms with Crippen LogP contribution >= 0.6 is 11.8 Å². The molecule has 1 aliphatic rings. The standard InChI is InChI=1S/C14H14F3N3OS/c15-10-6-8-5-9(7-21-13(8)12(17)11(10)16)20-3-2-19-14(20)22-4-1-18/h2-3,6,9H,1,4-5,7,18H2/p+1/t9-/m1/s1. The molecule has 0 spiro atoms. The molecule has 0 radical (unpaired) electrons. The van der Waals surface area contributed by atoms with E-state index < -0.39 is 17.5 Å². The van der Waals surface area contributed by atoms with Gasteiger partial charge in [-0.05, 0) is 17.8 Å². The van der Waals surface area contributed by atoms with Crippen molar-refractivity contribution in [1.82, 2.24) is 4.98 Å². The smallest absolute Gasteiger partial charge is 0.316 e. The maximum Gasteiger partial charge on any atom is 0.316 e. The molecule has 1 atom stereocenters. The average molecular weight is 330 g/mol. The Labute approximate surface area is 129 Å². The molecule has 8 heteroatoms. The highest BCUT2D eigenvalue weighted by Crippen LogP contribution is 2.33. The number of hydrogen-bond donors (Lipinski definition) is 2. The van der Waals surface area contributed by atoms with Crippen LogP contribution in [-0.4, -0.2) is 23.9 Å². The van der Waals surface area contributed by atoms with Gasteiger partial charge < -0.3 is 10.5 Å². The lowest BCUT2D eigenvalue weighted by molar-refractivity contribution is -0.757. The van der Waals surface area contributed by atoms with Crippen molar-refractivity contribution in [3.8, 4) is 5.75 Å². The number of aromatic nitrogens is 2. The van der Waals surface area contributed by atoms with Gasteiger partial charge in [-0.25, -0.2) is 18.3 Å². The molecule has 1 aliphatic heterocycles. The number of nitrogens with two attached hydrogens (primary N) is 1. The summed E-state index contributed by atoms with van der Waals surface area (Å²) in [5.74, 6) is -3.39. The molecule has 118 valence electrons. The van der Waals surface area contributed by atoms with E-state index in [1.165, 1.54) is 0 Å². The molecule has 0 unspecified atom stereocenters. The van der Waals surface area contributed by atoms with E-state index in [2.05, 4.69) is 4.98 Å². The molecule has 1 aromatic carbocycles. The van der Waals surface area contributed by atoms with Gasteiger partial charge >= 0.3 is 5.16 Å². The minimum absolute atomic E-state index is 0.122. The van der Waals surface area contributed by atoms with E-state index in [0.29, 0.717) is 18.5 Å². The number of benzene rings is 1. The van der Waals surface area contributed by atoms with Gasteiger partial charge in [0.05, 0.1) is 0 Å². The molecule has 0 bridgehead atoms. The Balaban J connectivity index is 1.87. The zero-order valence-electron chi connectivity index (χ0n) is 11.6. The Morgan fingerprint density at radius 1 is 1.36 bits per heavy atom. The van der Waals surface area contributed by atoms with E-state index >= 15 is 0 Å². The quantitative estimate of drug-likeness (QED) is 0.512. The van der Waals surface area contributed by atoms with Gasteiger partial charge in [0.25, 0.3) is 0 Å². The summed E-state index contributed by atoms with van der Waals surface area (Å²) in [5, 5.41) is 0.894. The molecule has 0 saturated carbocycles. The Kier molecular flexibility index (Phi) is 4.30. The minimum Gasteiger partial charge on any atom is -0.486 e. The van der Waals surface area contributed by atoms with Crippen molar-refractivity contribution in [1.29, 1.82) is 0 Å². The summed E-state index contributed by atoms with van der Waals surface area (Å²) in [6, 6.07) is 0.878.